The minimum Gasteiger partial charge on any atom is -0.378 e. The van der Waals surface area contributed by atoms with Gasteiger partial charge in [0.1, 0.15) is 10.7 Å². The van der Waals surface area contributed by atoms with Gasteiger partial charge in [0, 0.05) is 36.2 Å². The molecule has 0 saturated carbocycles. The van der Waals surface area contributed by atoms with Crippen LogP contribution in [0.5, 0.6) is 0 Å². The zero-order chi connectivity index (χ0) is 21.8. The average molecular weight is 460 g/mol. The summed E-state index contributed by atoms with van der Waals surface area (Å²) >= 11 is 6.02. The summed E-state index contributed by atoms with van der Waals surface area (Å²) in [5.74, 6) is 1.33. The lowest BCUT2D eigenvalue weighted by Crippen LogP contribution is -2.37. The summed E-state index contributed by atoms with van der Waals surface area (Å²) in [5.41, 5.74) is 2.05. The van der Waals surface area contributed by atoms with Crippen LogP contribution in [0.15, 0.2) is 59.5 Å². The topological polar surface area (TPSA) is 96.5 Å². The van der Waals surface area contributed by atoms with Crippen molar-refractivity contribution >= 4 is 44.8 Å². The molecule has 2 N–H and O–H groups in total. The van der Waals surface area contributed by atoms with E-state index in [4.69, 9.17) is 16.3 Å². The van der Waals surface area contributed by atoms with Crippen molar-refractivity contribution in [3.8, 4) is 0 Å². The van der Waals surface area contributed by atoms with Crippen LogP contribution >= 0.6 is 11.6 Å². The number of hydrogen-bond donors (Lipinski definition) is 2. The Bertz CT molecular complexity index is 1170. The van der Waals surface area contributed by atoms with Crippen LogP contribution in [0.1, 0.15) is 5.69 Å². The number of hydrogen-bond acceptors (Lipinski definition) is 7. The molecule has 2 heterocycles. The maximum atomic E-state index is 12.6. The number of nitrogens with one attached hydrogen (secondary N) is 2. The Labute approximate surface area is 186 Å². The van der Waals surface area contributed by atoms with Crippen molar-refractivity contribution in [1.29, 1.82) is 0 Å². The van der Waals surface area contributed by atoms with Crippen LogP contribution in [0, 0.1) is 6.92 Å². The van der Waals surface area contributed by atoms with Crippen LogP contribution in [0.4, 0.5) is 23.1 Å². The Morgan fingerprint density at radius 2 is 1.68 bits per heavy atom. The fourth-order valence-electron chi connectivity index (χ4n) is 3.16. The Morgan fingerprint density at radius 3 is 2.39 bits per heavy atom. The molecule has 31 heavy (non-hydrogen) atoms. The number of halogens is 1. The quantitative estimate of drug-likeness (QED) is 0.578. The Kier molecular flexibility index (Phi) is 6.26. The number of rotatable bonds is 6. The van der Waals surface area contributed by atoms with Crippen LogP contribution in [0.3, 0.4) is 0 Å². The van der Waals surface area contributed by atoms with Crippen molar-refractivity contribution in [3.05, 3.63) is 65.3 Å². The van der Waals surface area contributed by atoms with E-state index in [0.29, 0.717) is 30.7 Å². The van der Waals surface area contributed by atoms with E-state index in [9.17, 15) is 8.42 Å². The number of sulfonamides is 1. The number of nitrogens with zero attached hydrogens (tertiary/aromatic N) is 3. The van der Waals surface area contributed by atoms with Gasteiger partial charge in [0.2, 0.25) is 5.95 Å². The molecule has 0 radical (unpaired) electrons. The van der Waals surface area contributed by atoms with Gasteiger partial charge in [-0.05, 0) is 43.3 Å². The van der Waals surface area contributed by atoms with E-state index in [1.807, 2.05) is 13.0 Å². The summed E-state index contributed by atoms with van der Waals surface area (Å²) in [4.78, 5) is 11.3. The number of aromatic nitrogens is 2. The summed E-state index contributed by atoms with van der Waals surface area (Å²) in [7, 11) is -3.78. The second-order valence-electron chi connectivity index (χ2n) is 7.03. The molecule has 0 spiro atoms. The van der Waals surface area contributed by atoms with Gasteiger partial charge in [-0.2, -0.15) is 4.98 Å². The van der Waals surface area contributed by atoms with E-state index in [1.165, 1.54) is 12.1 Å². The van der Waals surface area contributed by atoms with E-state index in [-0.39, 0.29) is 9.92 Å². The van der Waals surface area contributed by atoms with Gasteiger partial charge in [-0.3, -0.25) is 4.72 Å². The Hall–Kier alpha value is -2.88. The van der Waals surface area contributed by atoms with Gasteiger partial charge >= 0.3 is 0 Å². The normalized spacial score (nSPS) is 14.3. The first kappa shape index (κ1) is 21.4. The number of anilines is 4. The van der Waals surface area contributed by atoms with Gasteiger partial charge in [-0.1, -0.05) is 23.7 Å². The van der Waals surface area contributed by atoms with E-state index in [1.54, 1.807) is 36.4 Å². The van der Waals surface area contributed by atoms with E-state index in [0.717, 1.165) is 24.5 Å². The molecule has 162 valence electrons. The SMILES string of the molecule is Cc1cc(Nc2ccc(NS(=O)(=O)c3ccccc3Cl)cc2)nc(N2CCOCC2)n1. The van der Waals surface area contributed by atoms with E-state index < -0.39 is 10.0 Å². The van der Waals surface area contributed by atoms with Gasteiger partial charge < -0.3 is 15.0 Å². The van der Waals surface area contributed by atoms with Gasteiger partial charge in [0.05, 0.1) is 18.2 Å². The van der Waals surface area contributed by atoms with Crippen LogP contribution < -0.4 is 14.9 Å². The van der Waals surface area contributed by atoms with Crippen molar-refractivity contribution in [2.75, 3.05) is 41.2 Å². The van der Waals surface area contributed by atoms with E-state index >= 15 is 0 Å². The summed E-state index contributed by atoms with van der Waals surface area (Å²) < 4.78 is 33.1. The Morgan fingerprint density at radius 1 is 1.00 bits per heavy atom. The predicted molar refractivity (Wildman–Crippen MR) is 122 cm³/mol. The molecule has 8 nitrogen and oxygen atoms in total. The molecule has 1 aromatic heterocycles. The lowest BCUT2D eigenvalue weighted by molar-refractivity contribution is 0.122. The smallest absolute Gasteiger partial charge is 0.263 e. The molecule has 3 aromatic rings. The predicted octanol–water partition coefficient (Wildman–Crippen LogP) is 3.82. The third-order valence-electron chi connectivity index (χ3n) is 4.67. The highest BCUT2D eigenvalue weighted by Gasteiger charge is 2.18. The summed E-state index contributed by atoms with van der Waals surface area (Å²) in [6.07, 6.45) is 0. The third kappa shape index (κ3) is 5.25. The fourth-order valence-corrected chi connectivity index (χ4v) is 4.74. The number of aryl methyl sites for hydroxylation is 1. The highest BCUT2D eigenvalue weighted by molar-refractivity contribution is 7.92. The van der Waals surface area contributed by atoms with Crippen molar-refractivity contribution in [1.82, 2.24) is 9.97 Å². The lowest BCUT2D eigenvalue weighted by Gasteiger charge is -2.27. The van der Waals surface area contributed by atoms with Gasteiger partial charge in [0.15, 0.2) is 0 Å². The minimum absolute atomic E-state index is 0.0333. The van der Waals surface area contributed by atoms with Crippen LogP contribution in [-0.4, -0.2) is 44.7 Å². The highest BCUT2D eigenvalue weighted by Crippen LogP contribution is 2.25. The molecule has 0 bridgehead atoms. The molecule has 10 heteroatoms. The molecule has 0 atom stereocenters. The molecule has 0 aliphatic carbocycles. The summed E-state index contributed by atoms with van der Waals surface area (Å²) in [6.45, 7) is 4.74. The van der Waals surface area contributed by atoms with Gasteiger partial charge in [-0.15, -0.1) is 0 Å². The molecule has 2 aromatic carbocycles. The fraction of sp³-hybridized carbons (Fsp3) is 0.238. The zero-order valence-corrected chi connectivity index (χ0v) is 18.4. The van der Waals surface area contributed by atoms with Gasteiger partial charge in [0.25, 0.3) is 10.0 Å². The largest absolute Gasteiger partial charge is 0.378 e. The summed E-state index contributed by atoms with van der Waals surface area (Å²) in [5, 5.41) is 3.42. The van der Waals surface area contributed by atoms with Gasteiger partial charge in [-0.25, -0.2) is 13.4 Å². The van der Waals surface area contributed by atoms with Crippen molar-refractivity contribution in [2.45, 2.75) is 11.8 Å². The van der Waals surface area contributed by atoms with E-state index in [2.05, 4.69) is 24.9 Å². The number of benzene rings is 2. The molecular weight excluding hydrogens is 438 g/mol. The molecule has 1 aliphatic heterocycles. The van der Waals surface area contributed by atoms with Crippen LogP contribution in [0.2, 0.25) is 5.02 Å². The van der Waals surface area contributed by atoms with Crippen LogP contribution in [0.25, 0.3) is 0 Å². The first-order valence-electron chi connectivity index (χ1n) is 9.73. The molecule has 4 rings (SSSR count). The minimum atomic E-state index is -3.78. The second-order valence-corrected chi connectivity index (χ2v) is 9.09. The van der Waals surface area contributed by atoms with Crippen molar-refractivity contribution < 1.29 is 13.2 Å². The first-order valence-corrected chi connectivity index (χ1v) is 11.6. The molecule has 1 saturated heterocycles. The molecule has 1 aliphatic rings. The molecule has 0 unspecified atom stereocenters. The highest BCUT2D eigenvalue weighted by atomic mass is 35.5. The average Bonchev–Trinajstić information content (AvgIpc) is 2.75. The molecule has 0 amide bonds. The Balaban J connectivity index is 1.48. The standard InChI is InChI=1S/C21H22ClN5O3S/c1-15-14-20(25-21(23-15)27-10-12-30-13-11-27)24-16-6-8-17(9-7-16)26-31(28,29)19-5-3-2-4-18(19)22/h2-9,14,26H,10-13H2,1H3,(H,23,24,25). The maximum Gasteiger partial charge on any atom is 0.263 e. The zero-order valence-electron chi connectivity index (χ0n) is 16.9. The van der Waals surface area contributed by atoms with Crippen molar-refractivity contribution in [2.24, 2.45) is 0 Å². The lowest BCUT2D eigenvalue weighted by atomic mass is 10.3. The molecule has 1 fully saturated rings. The molecular formula is C21H22ClN5O3S. The van der Waals surface area contributed by atoms with Crippen LogP contribution in [-0.2, 0) is 14.8 Å². The second kappa shape index (κ2) is 9.09. The first-order chi connectivity index (χ1) is 14.9. The monoisotopic (exact) mass is 459 g/mol. The number of ether oxygens (including phenoxy) is 1. The third-order valence-corrected chi connectivity index (χ3v) is 6.55. The number of morpholine rings is 1. The summed E-state index contributed by atoms with van der Waals surface area (Å²) in [6, 6.07) is 15.1. The van der Waals surface area contributed by atoms with Crippen molar-refractivity contribution in [3.63, 3.8) is 0 Å². The maximum absolute atomic E-state index is 12.6.